The molecule has 1 aliphatic heterocycles. The number of hydrogen-bond acceptors (Lipinski definition) is 3. The molecule has 1 amide bonds. The van der Waals surface area contributed by atoms with E-state index in [1.54, 1.807) is 0 Å². The van der Waals surface area contributed by atoms with Crippen molar-refractivity contribution in [2.45, 2.75) is 46.6 Å². The second kappa shape index (κ2) is 7.14. The number of amides is 1. The quantitative estimate of drug-likeness (QED) is 0.874. The molecule has 0 spiro atoms. The maximum atomic E-state index is 12.6. The highest BCUT2D eigenvalue weighted by atomic mass is 16.5. The van der Waals surface area contributed by atoms with Crippen LogP contribution in [0.3, 0.4) is 0 Å². The lowest BCUT2D eigenvalue weighted by Gasteiger charge is -2.24. The lowest BCUT2D eigenvalue weighted by Crippen LogP contribution is -2.36. The van der Waals surface area contributed by atoms with E-state index in [1.807, 2.05) is 38.1 Å². The van der Waals surface area contributed by atoms with Crippen LogP contribution in [0.1, 0.15) is 40.5 Å². The zero-order valence-electron chi connectivity index (χ0n) is 14.2. The highest BCUT2D eigenvalue weighted by Gasteiger charge is 2.39. The van der Waals surface area contributed by atoms with Crippen molar-refractivity contribution in [3.63, 3.8) is 0 Å². The molecule has 1 fully saturated rings. The largest absolute Gasteiger partial charge is 0.491 e. The zero-order chi connectivity index (χ0) is 16.2. The van der Waals surface area contributed by atoms with Crippen LogP contribution >= 0.6 is 0 Å². The summed E-state index contributed by atoms with van der Waals surface area (Å²) >= 11 is 0. The molecule has 0 saturated carbocycles. The Morgan fingerprint density at radius 1 is 1.45 bits per heavy atom. The van der Waals surface area contributed by atoms with Crippen LogP contribution in [0.4, 0.5) is 5.69 Å². The van der Waals surface area contributed by atoms with Gasteiger partial charge in [0.15, 0.2) is 0 Å². The molecule has 1 aromatic rings. The van der Waals surface area contributed by atoms with Gasteiger partial charge in [-0.15, -0.1) is 0 Å². The molecule has 1 unspecified atom stereocenters. The van der Waals surface area contributed by atoms with Gasteiger partial charge in [0.1, 0.15) is 5.75 Å². The van der Waals surface area contributed by atoms with E-state index in [9.17, 15) is 4.79 Å². The van der Waals surface area contributed by atoms with Gasteiger partial charge in [0, 0.05) is 18.3 Å². The number of nitrogens with one attached hydrogen (secondary N) is 1. The summed E-state index contributed by atoms with van der Waals surface area (Å²) in [4.78, 5) is 15.0. The van der Waals surface area contributed by atoms with Gasteiger partial charge in [-0.1, -0.05) is 13.0 Å². The summed E-state index contributed by atoms with van der Waals surface area (Å²) in [6.45, 7) is 11.1. The van der Waals surface area contributed by atoms with Crippen LogP contribution in [-0.2, 0) is 4.79 Å². The summed E-state index contributed by atoms with van der Waals surface area (Å²) in [6.07, 6.45) is 2.17. The van der Waals surface area contributed by atoms with Crippen molar-refractivity contribution < 1.29 is 9.53 Å². The first-order valence-corrected chi connectivity index (χ1v) is 8.23. The van der Waals surface area contributed by atoms with Crippen LogP contribution in [0.2, 0.25) is 0 Å². The third kappa shape index (κ3) is 4.23. The van der Waals surface area contributed by atoms with Crippen molar-refractivity contribution in [2.24, 2.45) is 5.41 Å². The highest BCUT2D eigenvalue weighted by Crippen LogP contribution is 2.31. The first-order valence-electron chi connectivity index (χ1n) is 8.23. The summed E-state index contributed by atoms with van der Waals surface area (Å²) in [5.74, 6) is 0.893. The van der Waals surface area contributed by atoms with E-state index in [-0.39, 0.29) is 17.4 Å². The Morgan fingerprint density at radius 3 is 2.91 bits per heavy atom. The lowest BCUT2D eigenvalue weighted by atomic mass is 9.88. The number of nitrogens with zero attached hydrogens (tertiary/aromatic N) is 1. The van der Waals surface area contributed by atoms with Gasteiger partial charge < -0.3 is 15.0 Å². The SMILES string of the molecule is CCCN1CCC(C)(C(=O)Nc2cccc(OC(C)C)c2)C1. The molecule has 2 rings (SSSR count). The monoisotopic (exact) mass is 304 g/mol. The van der Waals surface area contributed by atoms with Crippen LogP contribution < -0.4 is 10.1 Å². The number of hydrogen-bond donors (Lipinski definition) is 1. The van der Waals surface area contributed by atoms with Gasteiger partial charge in [-0.25, -0.2) is 0 Å². The summed E-state index contributed by atoms with van der Waals surface area (Å²) in [6, 6.07) is 7.62. The average molecular weight is 304 g/mol. The van der Waals surface area contributed by atoms with E-state index in [0.717, 1.165) is 43.9 Å². The highest BCUT2D eigenvalue weighted by molar-refractivity contribution is 5.95. The molecule has 0 aliphatic carbocycles. The van der Waals surface area contributed by atoms with Crippen molar-refractivity contribution in [3.05, 3.63) is 24.3 Å². The van der Waals surface area contributed by atoms with E-state index in [0.29, 0.717) is 0 Å². The minimum atomic E-state index is -0.302. The number of carbonyl (C=O) groups excluding carboxylic acids is 1. The smallest absolute Gasteiger partial charge is 0.231 e. The fourth-order valence-corrected chi connectivity index (χ4v) is 2.95. The topological polar surface area (TPSA) is 41.6 Å². The van der Waals surface area contributed by atoms with Gasteiger partial charge in [0.25, 0.3) is 0 Å². The molecule has 1 N–H and O–H groups in total. The molecule has 4 nitrogen and oxygen atoms in total. The summed E-state index contributed by atoms with van der Waals surface area (Å²) < 4.78 is 5.68. The van der Waals surface area contributed by atoms with E-state index < -0.39 is 0 Å². The second-order valence-electron chi connectivity index (χ2n) is 6.74. The van der Waals surface area contributed by atoms with Crippen LogP contribution in [-0.4, -0.2) is 36.5 Å². The predicted molar refractivity (Wildman–Crippen MR) is 90.3 cm³/mol. The van der Waals surface area contributed by atoms with E-state index in [4.69, 9.17) is 4.74 Å². The standard InChI is InChI=1S/C18H28N2O2/c1-5-10-20-11-9-18(4,13-20)17(21)19-15-7-6-8-16(12-15)22-14(2)3/h6-8,12,14H,5,9-11,13H2,1-4H3,(H,19,21). The number of likely N-dealkylation sites (tertiary alicyclic amines) is 1. The fourth-order valence-electron chi connectivity index (χ4n) is 2.95. The molecule has 0 bridgehead atoms. The van der Waals surface area contributed by atoms with Gasteiger partial charge in [-0.2, -0.15) is 0 Å². The minimum Gasteiger partial charge on any atom is -0.491 e. The van der Waals surface area contributed by atoms with Gasteiger partial charge in [0.2, 0.25) is 5.91 Å². The molecule has 122 valence electrons. The summed E-state index contributed by atoms with van der Waals surface area (Å²) in [5, 5.41) is 3.06. The molecule has 1 atom stereocenters. The number of anilines is 1. The van der Waals surface area contributed by atoms with E-state index in [1.165, 1.54) is 0 Å². The van der Waals surface area contributed by atoms with Crippen molar-refractivity contribution >= 4 is 11.6 Å². The summed E-state index contributed by atoms with van der Waals surface area (Å²) in [7, 11) is 0. The molecule has 0 radical (unpaired) electrons. The first kappa shape index (κ1) is 16.8. The average Bonchev–Trinajstić information content (AvgIpc) is 2.82. The van der Waals surface area contributed by atoms with Crippen LogP contribution in [0.25, 0.3) is 0 Å². The van der Waals surface area contributed by atoms with Crippen LogP contribution in [0, 0.1) is 5.41 Å². The number of rotatable bonds is 6. The zero-order valence-corrected chi connectivity index (χ0v) is 14.2. The normalized spacial score (nSPS) is 22.0. The Morgan fingerprint density at radius 2 is 2.23 bits per heavy atom. The molecule has 1 aliphatic rings. The molecule has 1 aromatic carbocycles. The molecule has 1 saturated heterocycles. The van der Waals surface area contributed by atoms with Crippen molar-refractivity contribution in [1.82, 2.24) is 4.90 Å². The van der Waals surface area contributed by atoms with Gasteiger partial charge in [-0.05, 0) is 58.8 Å². The third-order valence-corrected chi connectivity index (χ3v) is 4.10. The Balaban J connectivity index is 2.00. The molecular formula is C18H28N2O2. The maximum absolute atomic E-state index is 12.6. The molecule has 1 heterocycles. The molecule has 0 aromatic heterocycles. The fraction of sp³-hybridized carbons (Fsp3) is 0.611. The van der Waals surface area contributed by atoms with Crippen molar-refractivity contribution in [2.75, 3.05) is 25.0 Å². The maximum Gasteiger partial charge on any atom is 0.231 e. The predicted octanol–water partition coefficient (Wildman–Crippen LogP) is 3.53. The van der Waals surface area contributed by atoms with Gasteiger partial charge in [0.05, 0.1) is 11.5 Å². The lowest BCUT2D eigenvalue weighted by molar-refractivity contribution is -0.124. The van der Waals surface area contributed by atoms with Gasteiger partial charge in [-0.3, -0.25) is 4.79 Å². The van der Waals surface area contributed by atoms with Crippen LogP contribution in [0.5, 0.6) is 5.75 Å². The van der Waals surface area contributed by atoms with Crippen LogP contribution in [0.15, 0.2) is 24.3 Å². The molecular weight excluding hydrogens is 276 g/mol. The number of ether oxygens (including phenoxy) is 1. The Hall–Kier alpha value is -1.55. The number of benzene rings is 1. The minimum absolute atomic E-state index is 0.104. The summed E-state index contributed by atoms with van der Waals surface area (Å²) in [5.41, 5.74) is 0.502. The van der Waals surface area contributed by atoms with E-state index >= 15 is 0 Å². The molecule has 22 heavy (non-hydrogen) atoms. The van der Waals surface area contributed by atoms with Gasteiger partial charge >= 0.3 is 0 Å². The Bertz CT molecular complexity index is 516. The first-order chi connectivity index (χ1) is 10.4. The van der Waals surface area contributed by atoms with Crippen molar-refractivity contribution in [3.8, 4) is 5.75 Å². The molecule has 4 heteroatoms. The second-order valence-corrected chi connectivity index (χ2v) is 6.74. The van der Waals surface area contributed by atoms with Crippen molar-refractivity contribution in [1.29, 1.82) is 0 Å². The third-order valence-electron chi connectivity index (χ3n) is 4.10. The van der Waals surface area contributed by atoms with E-state index in [2.05, 4.69) is 24.1 Å². The number of carbonyl (C=O) groups is 1. The Kier molecular flexibility index (Phi) is 5.46. The Labute approximate surface area is 133 Å².